The molecular weight excluding hydrogens is 350 g/mol. The molecule has 0 saturated carbocycles. The first kappa shape index (κ1) is 19.0. The van der Waals surface area contributed by atoms with Crippen molar-refractivity contribution in [3.8, 4) is 22.6 Å². The Labute approximate surface area is 161 Å². The maximum atomic E-state index is 11.9. The molecule has 0 aliphatic carbocycles. The number of aromatic amines is 1. The van der Waals surface area contributed by atoms with Crippen LogP contribution in [0.4, 0.5) is 0 Å². The highest BCUT2D eigenvalue weighted by atomic mass is 28.3. The molecule has 1 aromatic heterocycles. The fourth-order valence-corrected chi connectivity index (χ4v) is 5.99. The van der Waals surface area contributed by atoms with Crippen molar-refractivity contribution in [3.05, 3.63) is 59.8 Å². The van der Waals surface area contributed by atoms with Crippen molar-refractivity contribution >= 4 is 24.9 Å². The lowest BCUT2D eigenvalue weighted by molar-refractivity contribution is 0.0697. The van der Waals surface area contributed by atoms with Gasteiger partial charge in [-0.2, -0.15) is 0 Å². The summed E-state index contributed by atoms with van der Waals surface area (Å²) < 4.78 is 0. The van der Waals surface area contributed by atoms with E-state index >= 15 is 0 Å². The average Bonchev–Trinajstić information content (AvgIpc) is 3.17. The van der Waals surface area contributed by atoms with Crippen molar-refractivity contribution in [2.24, 2.45) is 0 Å². The molecule has 138 valence electrons. The lowest BCUT2D eigenvalue weighted by Crippen LogP contribution is -2.29. The van der Waals surface area contributed by atoms with Crippen molar-refractivity contribution in [1.29, 1.82) is 0 Å². The number of hydrogen-bond donors (Lipinski definition) is 2. The summed E-state index contributed by atoms with van der Waals surface area (Å²) in [4.78, 5) is 15.1. The summed E-state index contributed by atoms with van der Waals surface area (Å²) in [6.07, 6.45) is 1.89. The maximum Gasteiger partial charge on any atom is 0.336 e. The van der Waals surface area contributed by atoms with Gasteiger partial charge in [0.05, 0.1) is 5.56 Å². The van der Waals surface area contributed by atoms with Gasteiger partial charge in [0.25, 0.3) is 0 Å². The monoisotopic (exact) mass is 375 g/mol. The number of aromatic nitrogens is 1. The van der Waals surface area contributed by atoms with Gasteiger partial charge in [0.1, 0.15) is 8.07 Å². The number of rotatable bonds is 5. The van der Waals surface area contributed by atoms with Gasteiger partial charge in [0.2, 0.25) is 0 Å². The van der Waals surface area contributed by atoms with Crippen LogP contribution < -0.4 is 0 Å². The number of carboxylic acids is 1. The van der Waals surface area contributed by atoms with E-state index in [1.165, 1.54) is 0 Å². The van der Waals surface area contributed by atoms with Gasteiger partial charge in [0.15, 0.2) is 0 Å². The van der Waals surface area contributed by atoms with Crippen molar-refractivity contribution in [2.45, 2.75) is 38.9 Å². The predicted molar refractivity (Wildman–Crippen MR) is 115 cm³/mol. The Kier molecular flexibility index (Phi) is 5.53. The molecule has 0 atom stereocenters. The highest BCUT2D eigenvalue weighted by Gasteiger charge is 2.24. The van der Waals surface area contributed by atoms with E-state index in [0.29, 0.717) is 11.1 Å². The van der Waals surface area contributed by atoms with Crippen LogP contribution in [-0.2, 0) is 0 Å². The molecule has 2 N–H and O–H groups in total. The third kappa shape index (κ3) is 3.69. The molecule has 2 aromatic carbocycles. The summed E-state index contributed by atoms with van der Waals surface area (Å²) in [7, 11) is -1.62. The van der Waals surface area contributed by atoms with Gasteiger partial charge in [-0.05, 0) is 53.3 Å². The fourth-order valence-electron chi connectivity index (χ4n) is 3.56. The van der Waals surface area contributed by atoms with Gasteiger partial charge in [-0.15, -0.1) is 5.54 Å². The molecule has 3 aromatic rings. The summed E-state index contributed by atoms with van der Waals surface area (Å²) in [6.45, 7) is 6.67. The van der Waals surface area contributed by atoms with Crippen LogP contribution in [0.3, 0.4) is 0 Å². The standard InChI is InChI=1S/C23H25NO2Si/c1-4-27(5-2,6-3)15-13-18-8-7-9-20(23(25)26)22(18)19-11-10-17-12-14-24-21(17)16-19/h7-12,14,16,24H,4-6H2,1-3H3,(H,25,26). The second kappa shape index (κ2) is 7.85. The minimum Gasteiger partial charge on any atom is -0.478 e. The van der Waals surface area contributed by atoms with Crippen LogP contribution in [0.5, 0.6) is 0 Å². The molecule has 1 heterocycles. The molecule has 0 amide bonds. The normalized spacial score (nSPS) is 11.2. The van der Waals surface area contributed by atoms with Crippen LogP contribution in [-0.4, -0.2) is 24.1 Å². The minimum atomic E-state index is -1.62. The summed E-state index contributed by atoms with van der Waals surface area (Å²) in [5.41, 5.74) is 7.27. The van der Waals surface area contributed by atoms with E-state index in [2.05, 4.69) is 37.2 Å². The van der Waals surface area contributed by atoms with Gasteiger partial charge in [-0.25, -0.2) is 4.79 Å². The molecule has 0 aliphatic heterocycles. The Hall–Kier alpha value is -2.77. The zero-order valence-corrected chi connectivity index (χ0v) is 17.1. The first-order valence-electron chi connectivity index (χ1n) is 9.50. The zero-order chi connectivity index (χ0) is 19.4. The molecule has 0 fully saturated rings. The van der Waals surface area contributed by atoms with Crippen molar-refractivity contribution in [2.75, 3.05) is 0 Å². The van der Waals surface area contributed by atoms with E-state index in [1.54, 1.807) is 12.1 Å². The minimum absolute atomic E-state index is 0.296. The summed E-state index contributed by atoms with van der Waals surface area (Å²) in [5.74, 6) is 2.46. The van der Waals surface area contributed by atoms with E-state index in [9.17, 15) is 9.90 Å². The van der Waals surface area contributed by atoms with E-state index in [4.69, 9.17) is 0 Å². The summed E-state index contributed by atoms with van der Waals surface area (Å²) >= 11 is 0. The molecule has 0 saturated heterocycles. The van der Waals surface area contributed by atoms with Crippen molar-refractivity contribution in [1.82, 2.24) is 4.98 Å². The molecule has 0 bridgehead atoms. The Bertz CT molecular complexity index is 1030. The van der Waals surface area contributed by atoms with Gasteiger partial charge >= 0.3 is 5.97 Å². The molecular formula is C23H25NO2Si. The Balaban J connectivity index is 2.21. The highest BCUT2D eigenvalue weighted by molar-refractivity contribution is 6.87. The van der Waals surface area contributed by atoms with E-state index in [-0.39, 0.29) is 0 Å². The van der Waals surface area contributed by atoms with Crippen molar-refractivity contribution in [3.63, 3.8) is 0 Å². The van der Waals surface area contributed by atoms with E-state index in [0.717, 1.165) is 40.2 Å². The maximum absolute atomic E-state index is 11.9. The van der Waals surface area contributed by atoms with E-state index < -0.39 is 14.0 Å². The number of benzene rings is 2. The average molecular weight is 376 g/mol. The lowest BCUT2D eigenvalue weighted by atomic mass is 9.94. The largest absolute Gasteiger partial charge is 0.478 e. The fraction of sp³-hybridized carbons (Fsp3) is 0.261. The molecule has 4 heteroatoms. The van der Waals surface area contributed by atoms with Crippen LogP contribution in [0.1, 0.15) is 36.7 Å². The van der Waals surface area contributed by atoms with Crippen LogP contribution in [0, 0.1) is 11.5 Å². The van der Waals surface area contributed by atoms with Gasteiger partial charge in [-0.3, -0.25) is 0 Å². The predicted octanol–water partition coefficient (Wildman–Crippen LogP) is 5.93. The van der Waals surface area contributed by atoms with Crippen LogP contribution in [0.25, 0.3) is 22.0 Å². The Morgan fingerprint density at radius 3 is 2.48 bits per heavy atom. The number of hydrogen-bond acceptors (Lipinski definition) is 1. The number of carboxylic acid groups (broad SMARTS) is 1. The molecule has 3 rings (SSSR count). The summed E-state index contributed by atoms with van der Waals surface area (Å²) in [6, 6.07) is 16.8. The highest BCUT2D eigenvalue weighted by Crippen LogP contribution is 2.30. The van der Waals surface area contributed by atoms with Gasteiger partial charge in [-0.1, -0.05) is 44.9 Å². The number of fused-ring (bicyclic) bond motifs is 1. The third-order valence-electron chi connectivity index (χ3n) is 5.63. The first-order valence-corrected chi connectivity index (χ1v) is 12.1. The number of carbonyl (C=O) groups is 1. The van der Waals surface area contributed by atoms with E-state index in [1.807, 2.05) is 36.5 Å². The molecule has 0 unspecified atom stereocenters. The molecule has 3 nitrogen and oxygen atoms in total. The number of nitrogens with one attached hydrogen (secondary N) is 1. The smallest absolute Gasteiger partial charge is 0.336 e. The van der Waals surface area contributed by atoms with Gasteiger partial charge in [0, 0.05) is 22.8 Å². The number of aromatic carboxylic acids is 1. The Morgan fingerprint density at radius 2 is 1.81 bits per heavy atom. The molecule has 0 aliphatic rings. The SMILES string of the molecule is CC[Si](C#Cc1cccc(C(=O)O)c1-c1ccc2cc[nH]c2c1)(CC)CC. The topological polar surface area (TPSA) is 53.1 Å². The van der Waals surface area contributed by atoms with Crippen LogP contribution in [0.2, 0.25) is 18.1 Å². The molecule has 0 spiro atoms. The second-order valence-corrected chi connectivity index (χ2v) is 11.8. The molecule has 27 heavy (non-hydrogen) atoms. The quantitative estimate of drug-likeness (QED) is 0.429. The van der Waals surface area contributed by atoms with Crippen molar-refractivity contribution < 1.29 is 9.90 Å². The van der Waals surface area contributed by atoms with Crippen LogP contribution >= 0.6 is 0 Å². The first-order chi connectivity index (χ1) is 13.0. The third-order valence-corrected chi connectivity index (χ3v) is 10.3. The lowest BCUT2D eigenvalue weighted by Gasteiger charge is -2.20. The zero-order valence-electron chi connectivity index (χ0n) is 16.1. The molecule has 0 radical (unpaired) electrons. The van der Waals surface area contributed by atoms with Gasteiger partial charge < -0.3 is 10.1 Å². The Morgan fingerprint density at radius 1 is 1.07 bits per heavy atom. The van der Waals surface area contributed by atoms with Crippen LogP contribution in [0.15, 0.2) is 48.7 Å². The summed E-state index contributed by atoms with van der Waals surface area (Å²) in [5, 5.41) is 10.8. The second-order valence-electron chi connectivity index (χ2n) is 6.90. The number of H-pyrrole nitrogens is 1.